The number of nitrogens with zero attached hydrogens (tertiary/aromatic N) is 2. The van der Waals surface area contributed by atoms with E-state index in [1.165, 1.54) is 0 Å². The maximum atomic E-state index is 12.0. The minimum absolute atomic E-state index is 0.221. The van der Waals surface area contributed by atoms with Crippen LogP contribution in [0.4, 0.5) is 5.69 Å². The van der Waals surface area contributed by atoms with E-state index in [4.69, 9.17) is 0 Å². The molecule has 1 aromatic heterocycles. The second-order valence-electron chi connectivity index (χ2n) is 5.01. The number of fused-ring (bicyclic) bond motifs is 1. The summed E-state index contributed by atoms with van der Waals surface area (Å²) in [5.41, 5.74) is 4.88. The zero-order valence-corrected chi connectivity index (χ0v) is 12.8. The summed E-state index contributed by atoms with van der Waals surface area (Å²) < 4.78 is 1.12. The van der Waals surface area contributed by atoms with Crippen LogP contribution < -0.4 is 10.6 Å². The molecule has 5 nitrogen and oxygen atoms in total. The molecule has 2 aromatic carbocycles. The summed E-state index contributed by atoms with van der Waals surface area (Å²) in [4.78, 5) is 20.6. The Kier molecular flexibility index (Phi) is 3.36. The van der Waals surface area contributed by atoms with Crippen LogP contribution in [0.15, 0.2) is 64.7 Å². The zero-order valence-electron chi connectivity index (χ0n) is 12.0. The van der Waals surface area contributed by atoms with Crippen molar-refractivity contribution >= 4 is 45.2 Å². The SMILES string of the molecule is O=C1NC(Nc2ccccc2)=NC1=Cc1ccc2scnc2c1. The molecule has 0 spiro atoms. The third-order valence-electron chi connectivity index (χ3n) is 3.39. The first kappa shape index (κ1) is 13.7. The second kappa shape index (κ2) is 5.66. The van der Waals surface area contributed by atoms with E-state index in [-0.39, 0.29) is 5.91 Å². The fourth-order valence-corrected chi connectivity index (χ4v) is 2.97. The molecule has 4 rings (SSSR count). The van der Waals surface area contributed by atoms with Crippen molar-refractivity contribution in [2.75, 3.05) is 5.32 Å². The Hall–Kier alpha value is -2.99. The number of benzene rings is 2. The number of carbonyl (C=O) groups is 1. The second-order valence-corrected chi connectivity index (χ2v) is 5.90. The highest BCUT2D eigenvalue weighted by Crippen LogP contribution is 2.21. The molecule has 1 aliphatic rings. The van der Waals surface area contributed by atoms with E-state index in [2.05, 4.69) is 20.6 Å². The summed E-state index contributed by atoms with van der Waals surface area (Å²) in [6.45, 7) is 0. The summed E-state index contributed by atoms with van der Waals surface area (Å²) >= 11 is 1.59. The minimum Gasteiger partial charge on any atom is -0.326 e. The monoisotopic (exact) mass is 320 g/mol. The molecule has 0 fully saturated rings. The van der Waals surface area contributed by atoms with Gasteiger partial charge in [0.25, 0.3) is 5.91 Å². The lowest BCUT2D eigenvalue weighted by molar-refractivity contribution is -0.115. The van der Waals surface area contributed by atoms with E-state index in [0.29, 0.717) is 11.7 Å². The first-order valence-corrected chi connectivity index (χ1v) is 7.93. The molecule has 3 aromatic rings. The Balaban J connectivity index is 1.61. The fourth-order valence-electron chi connectivity index (χ4n) is 2.31. The molecular weight excluding hydrogens is 308 g/mol. The minimum atomic E-state index is -0.221. The maximum absolute atomic E-state index is 12.0. The van der Waals surface area contributed by atoms with Crippen LogP contribution in [0.3, 0.4) is 0 Å². The standard InChI is InChI=1S/C17H12N4OS/c22-16-14(9-11-6-7-15-13(8-11)18-10-23-15)20-17(21-16)19-12-4-2-1-3-5-12/h1-10H,(H2,19,20,21,22). The van der Waals surface area contributed by atoms with Gasteiger partial charge in [-0.15, -0.1) is 11.3 Å². The molecule has 0 saturated carbocycles. The zero-order chi connectivity index (χ0) is 15.6. The third kappa shape index (κ3) is 2.84. The quantitative estimate of drug-likeness (QED) is 0.712. The number of hydrogen-bond donors (Lipinski definition) is 2. The Morgan fingerprint density at radius 3 is 2.87 bits per heavy atom. The number of aliphatic imine (C=N–C) groups is 1. The Bertz CT molecular complexity index is 943. The molecule has 6 heteroatoms. The summed E-state index contributed by atoms with van der Waals surface area (Å²) in [7, 11) is 0. The predicted octanol–water partition coefficient (Wildman–Crippen LogP) is 3.24. The normalized spacial score (nSPS) is 15.7. The Labute approximate surface area is 136 Å². The highest BCUT2D eigenvalue weighted by atomic mass is 32.1. The van der Waals surface area contributed by atoms with Crippen molar-refractivity contribution in [3.63, 3.8) is 0 Å². The molecule has 0 atom stereocenters. The number of thiazole rings is 1. The highest BCUT2D eigenvalue weighted by molar-refractivity contribution is 7.16. The van der Waals surface area contributed by atoms with Gasteiger partial charge in [-0.25, -0.2) is 9.98 Å². The molecule has 0 bridgehead atoms. The van der Waals surface area contributed by atoms with Crippen LogP contribution >= 0.6 is 11.3 Å². The Morgan fingerprint density at radius 2 is 2.00 bits per heavy atom. The van der Waals surface area contributed by atoms with Crippen molar-refractivity contribution in [2.24, 2.45) is 4.99 Å². The van der Waals surface area contributed by atoms with E-state index in [1.807, 2.05) is 54.0 Å². The van der Waals surface area contributed by atoms with E-state index in [9.17, 15) is 4.79 Å². The third-order valence-corrected chi connectivity index (χ3v) is 4.20. The molecule has 0 unspecified atom stereocenters. The lowest BCUT2D eigenvalue weighted by Gasteiger charge is -2.03. The van der Waals surface area contributed by atoms with Gasteiger partial charge in [0.1, 0.15) is 5.70 Å². The summed E-state index contributed by atoms with van der Waals surface area (Å²) in [5.74, 6) is 0.212. The summed E-state index contributed by atoms with van der Waals surface area (Å²) in [6.07, 6.45) is 1.76. The van der Waals surface area contributed by atoms with Gasteiger partial charge in [-0.05, 0) is 35.9 Å². The maximum Gasteiger partial charge on any atom is 0.276 e. The number of rotatable bonds is 2. The van der Waals surface area contributed by atoms with Crippen LogP contribution in [0.25, 0.3) is 16.3 Å². The number of amides is 1. The van der Waals surface area contributed by atoms with Crippen molar-refractivity contribution in [1.29, 1.82) is 0 Å². The van der Waals surface area contributed by atoms with Gasteiger partial charge in [-0.2, -0.15) is 0 Å². The molecular formula is C17H12N4OS. The molecule has 0 saturated heterocycles. The number of anilines is 1. The van der Waals surface area contributed by atoms with Gasteiger partial charge >= 0.3 is 0 Å². The van der Waals surface area contributed by atoms with Crippen molar-refractivity contribution < 1.29 is 4.79 Å². The van der Waals surface area contributed by atoms with Gasteiger partial charge in [0, 0.05) is 5.69 Å². The predicted molar refractivity (Wildman–Crippen MR) is 93.2 cm³/mol. The van der Waals surface area contributed by atoms with E-state index < -0.39 is 0 Å². The fraction of sp³-hybridized carbons (Fsp3) is 0. The van der Waals surface area contributed by atoms with Crippen molar-refractivity contribution in [3.05, 3.63) is 65.3 Å². The molecule has 0 aliphatic carbocycles. The van der Waals surface area contributed by atoms with Crippen LogP contribution in [0.1, 0.15) is 5.56 Å². The lowest BCUT2D eigenvalue weighted by Crippen LogP contribution is -2.29. The topological polar surface area (TPSA) is 66.4 Å². The van der Waals surface area contributed by atoms with Crippen LogP contribution in [0, 0.1) is 0 Å². The van der Waals surface area contributed by atoms with Crippen LogP contribution in [-0.2, 0) is 4.79 Å². The number of nitrogens with one attached hydrogen (secondary N) is 2. The van der Waals surface area contributed by atoms with Gasteiger partial charge in [0.2, 0.25) is 5.96 Å². The van der Waals surface area contributed by atoms with E-state index in [0.717, 1.165) is 21.5 Å². The summed E-state index contributed by atoms with van der Waals surface area (Å²) in [6, 6.07) is 15.5. The molecule has 2 N–H and O–H groups in total. The van der Waals surface area contributed by atoms with Gasteiger partial charge in [0.05, 0.1) is 15.7 Å². The molecule has 1 aliphatic heterocycles. The van der Waals surface area contributed by atoms with E-state index >= 15 is 0 Å². The van der Waals surface area contributed by atoms with Crippen molar-refractivity contribution in [1.82, 2.24) is 10.3 Å². The molecule has 23 heavy (non-hydrogen) atoms. The summed E-state index contributed by atoms with van der Waals surface area (Å²) in [5, 5.41) is 5.80. The largest absolute Gasteiger partial charge is 0.326 e. The Morgan fingerprint density at radius 1 is 1.13 bits per heavy atom. The van der Waals surface area contributed by atoms with Gasteiger partial charge in [-0.3, -0.25) is 10.1 Å². The number of guanidine groups is 1. The van der Waals surface area contributed by atoms with Crippen LogP contribution in [0.2, 0.25) is 0 Å². The molecule has 0 radical (unpaired) electrons. The average Bonchev–Trinajstić information content (AvgIpc) is 3.15. The van der Waals surface area contributed by atoms with Gasteiger partial charge in [-0.1, -0.05) is 24.3 Å². The molecule has 1 amide bonds. The van der Waals surface area contributed by atoms with Gasteiger partial charge in [0.15, 0.2) is 0 Å². The number of carbonyl (C=O) groups excluding carboxylic acids is 1. The highest BCUT2D eigenvalue weighted by Gasteiger charge is 2.20. The van der Waals surface area contributed by atoms with Crippen molar-refractivity contribution in [3.8, 4) is 0 Å². The first-order chi connectivity index (χ1) is 11.3. The van der Waals surface area contributed by atoms with Crippen molar-refractivity contribution in [2.45, 2.75) is 0 Å². The number of para-hydroxylation sites is 1. The first-order valence-electron chi connectivity index (χ1n) is 7.05. The van der Waals surface area contributed by atoms with Crippen LogP contribution in [0.5, 0.6) is 0 Å². The molecule has 112 valence electrons. The number of aromatic nitrogens is 1. The smallest absolute Gasteiger partial charge is 0.276 e. The lowest BCUT2D eigenvalue weighted by atomic mass is 10.2. The average molecular weight is 320 g/mol. The van der Waals surface area contributed by atoms with E-state index in [1.54, 1.807) is 17.4 Å². The van der Waals surface area contributed by atoms with Crippen LogP contribution in [-0.4, -0.2) is 16.9 Å². The molecule has 2 heterocycles. The number of hydrogen-bond acceptors (Lipinski definition) is 5. The van der Waals surface area contributed by atoms with Gasteiger partial charge < -0.3 is 5.32 Å².